The number of hydrogen-bond acceptors (Lipinski definition) is 4. The van der Waals surface area contributed by atoms with E-state index in [4.69, 9.17) is 23.2 Å². The smallest absolute Gasteiger partial charge is 0.243 e. The molecule has 1 fully saturated rings. The number of aromatic nitrogens is 2. The molecule has 0 aliphatic carbocycles. The molecule has 0 spiro atoms. The highest BCUT2D eigenvalue weighted by Crippen LogP contribution is 2.26. The van der Waals surface area contributed by atoms with Crippen molar-refractivity contribution in [3.05, 3.63) is 75.9 Å². The molecule has 2 aromatic carbocycles. The van der Waals surface area contributed by atoms with Crippen molar-refractivity contribution in [3.8, 4) is 0 Å². The normalized spacial score (nSPS) is 15.5. The van der Waals surface area contributed by atoms with Gasteiger partial charge in [-0.05, 0) is 49.6 Å². The van der Waals surface area contributed by atoms with Gasteiger partial charge in [-0.25, -0.2) is 8.42 Å². The summed E-state index contributed by atoms with van der Waals surface area (Å²) in [4.78, 5) is 13.1. The van der Waals surface area contributed by atoms with Gasteiger partial charge in [0, 0.05) is 30.8 Å². The fourth-order valence-electron chi connectivity index (χ4n) is 3.87. The topological polar surface area (TPSA) is 84.3 Å². The van der Waals surface area contributed by atoms with Gasteiger partial charge in [-0.1, -0.05) is 47.5 Å². The zero-order valence-electron chi connectivity index (χ0n) is 18.0. The van der Waals surface area contributed by atoms with Crippen LogP contribution < -0.4 is 5.32 Å². The summed E-state index contributed by atoms with van der Waals surface area (Å²) < 4.78 is 28.8. The highest BCUT2D eigenvalue weighted by Gasteiger charge is 2.32. The van der Waals surface area contributed by atoms with Gasteiger partial charge in [0.15, 0.2) is 5.82 Å². The van der Waals surface area contributed by atoms with E-state index in [0.29, 0.717) is 48.3 Å². The third kappa shape index (κ3) is 5.41. The van der Waals surface area contributed by atoms with Crippen molar-refractivity contribution in [2.75, 3.05) is 18.4 Å². The van der Waals surface area contributed by atoms with Gasteiger partial charge in [0.1, 0.15) is 0 Å². The Labute approximate surface area is 203 Å². The Hall–Kier alpha value is -2.39. The van der Waals surface area contributed by atoms with Crippen molar-refractivity contribution in [2.24, 2.45) is 5.92 Å². The fraction of sp³-hybridized carbons (Fsp3) is 0.304. The molecule has 10 heteroatoms. The summed E-state index contributed by atoms with van der Waals surface area (Å²) in [6.07, 6.45) is 0.918. The first-order valence-corrected chi connectivity index (χ1v) is 12.8. The molecule has 4 rings (SSSR count). The summed E-state index contributed by atoms with van der Waals surface area (Å²) in [7, 11) is -3.54. The van der Waals surface area contributed by atoms with Crippen LogP contribution in [0.2, 0.25) is 10.0 Å². The minimum Gasteiger partial charge on any atom is -0.309 e. The van der Waals surface area contributed by atoms with Crippen molar-refractivity contribution < 1.29 is 13.2 Å². The second kappa shape index (κ2) is 9.85. The lowest BCUT2D eigenvalue weighted by Gasteiger charge is -2.30. The molecule has 0 atom stereocenters. The quantitative estimate of drug-likeness (QED) is 0.529. The number of carbonyl (C=O) groups excluding carboxylic acids is 1. The summed E-state index contributed by atoms with van der Waals surface area (Å²) in [5.74, 6) is 0.0515. The summed E-state index contributed by atoms with van der Waals surface area (Å²) in [5.41, 5.74) is 1.83. The van der Waals surface area contributed by atoms with Crippen LogP contribution in [0.15, 0.2) is 59.5 Å². The first-order chi connectivity index (χ1) is 15.7. The van der Waals surface area contributed by atoms with Gasteiger partial charge in [-0.2, -0.15) is 9.40 Å². The molecule has 174 valence electrons. The number of hydrogen-bond donors (Lipinski definition) is 1. The van der Waals surface area contributed by atoms with E-state index in [1.165, 1.54) is 4.31 Å². The lowest BCUT2D eigenvalue weighted by molar-refractivity contribution is -0.120. The van der Waals surface area contributed by atoms with Gasteiger partial charge in [-0.3, -0.25) is 9.48 Å². The van der Waals surface area contributed by atoms with E-state index in [2.05, 4.69) is 10.4 Å². The fourth-order valence-corrected chi connectivity index (χ4v) is 5.68. The van der Waals surface area contributed by atoms with E-state index in [-0.39, 0.29) is 16.7 Å². The molecule has 0 saturated carbocycles. The number of sulfonamides is 1. The molecule has 1 saturated heterocycles. The van der Waals surface area contributed by atoms with Gasteiger partial charge in [-0.15, -0.1) is 0 Å². The molecule has 1 aliphatic heterocycles. The zero-order chi connectivity index (χ0) is 23.6. The second-order valence-electron chi connectivity index (χ2n) is 8.06. The number of piperidine rings is 1. The number of nitrogens with zero attached hydrogens (tertiary/aromatic N) is 3. The number of rotatable bonds is 6. The first kappa shape index (κ1) is 23.8. The highest BCUT2D eigenvalue weighted by molar-refractivity contribution is 7.89. The Morgan fingerprint density at radius 3 is 2.42 bits per heavy atom. The van der Waals surface area contributed by atoms with Crippen molar-refractivity contribution in [1.29, 1.82) is 0 Å². The number of aryl methyl sites for hydroxylation is 1. The van der Waals surface area contributed by atoms with Crippen LogP contribution in [-0.4, -0.2) is 41.5 Å². The highest BCUT2D eigenvalue weighted by atomic mass is 35.5. The summed E-state index contributed by atoms with van der Waals surface area (Å²) in [6, 6.07) is 15.6. The molecule has 1 aliphatic rings. The summed E-state index contributed by atoms with van der Waals surface area (Å²) in [5, 5.41) is 8.34. The summed E-state index contributed by atoms with van der Waals surface area (Å²) >= 11 is 12.1. The molecule has 2 heterocycles. The predicted molar refractivity (Wildman–Crippen MR) is 129 cm³/mol. The van der Waals surface area contributed by atoms with Gasteiger partial charge in [0.05, 0.1) is 21.5 Å². The maximum Gasteiger partial charge on any atom is 0.243 e. The molecule has 7 nitrogen and oxygen atoms in total. The second-order valence-corrected chi connectivity index (χ2v) is 10.8. The molecule has 3 aromatic rings. The van der Waals surface area contributed by atoms with E-state index in [1.807, 2.05) is 19.1 Å². The molecule has 0 bridgehead atoms. The average molecular weight is 507 g/mol. The maximum absolute atomic E-state index is 12.8. The SMILES string of the molecule is Cc1cc(NC(=O)C2CCN(S(=O)(=O)c3ccccc3)CC2)nn1Cc1ccc(Cl)c(Cl)c1. The van der Waals surface area contributed by atoms with Gasteiger partial charge < -0.3 is 5.32 Å². The monoisotopic (exact) mass is 506 g/mol. The number of carbonyl (C=O) groups is 1. The Morgan fingerprint density at radius 1 is 1.06 bits per heavy atom. The van der Waals surface area contributed by atoms with E-state index in [1.54, 1.807) is 47.1 Å². The maximum atomic E-state index is 12.8. The molecule has 1 N–H and O–H groups in total. The number of nitrogens with one attached hydrogen (secondary N) is 1. The molecular weight excluding hydrogens is 483 g/mol. The van der Waals surface area contributed by atoms with Crippen LogP contribution in [0.3, 0.4) is 0 Å². The van der Waals surface area contributed by atoms with Crippen LogP contribution in [0.5, 0.6) is 0 Å². The Morgan fingerprint density at radius 2 is 1.76 bits per heavy atom. The predicted octanol–water partition coefficient (Wildman–Crippen LogP) is 4.59. The van der Waals surface area contributed by atoms with E-state index >= 15 is 0 Å². The van der Waals surface area contributed by atoms with E-state index < -0.39 is 10.0 Å². The summed E-state index contributed by atoms with van der Waals surface area (Å²) in [6.45, 7) is 3.02. The Balaban J connectivity index is 1.36. The third-order valence-electron chi connectivity index (χ3n) is 5.75. The minimum atomic E-state index is -3.54. The molecule has 1 aromatic heterocycles. The standard InChI is InChI=1S/C23H24Cl2N4O3S/c1-16-13-22(27-29(16)15-17-7-8-20(24)21(25)14-17)26-23(30)18-9-11-28(12-10-18)33(31,32)19-5-3-2-4-6-19/h2-8,13-14,18H,9-12,15H2,1H3,(H,26,27,30). The van der Waals surface area contributed by atoms with Crippen LogP contribution in [0.25, 0.3) is 0 Å². The lowest BCUT2D eigenvalue weighted by atomic mass is 9.97. The van der Waals surface area contributed by atoms with Crippen LogP contribution in [0.4, 0.5) is 5.82 Å². The van der Waals surface area contributed by atoms with Crippen LogP contribution >= 0.6 is 23.2 Å². The number of benzene rings is 2. The first-order valence-electron chi connectivity index (χ1n) is 10.6. The molecule has 33 heavy (non-hydrogen) atoms. The Kier molecular flexibility index (Phi) is 7.09. The molecular formula is C23H24Cl2N4O3S. The van der Waals surface area contributed by atoms with Gasteiger partial charge in [0.2, 0.25) is 15.9 Å². The van der Waals surface area contributed by atoms with Crippen LogP contribution in [-0.2, 0) is 21.4 Å². The number of anilines is 1. The molecule has 0 radical (unpaired) electrons. The van der Waals surface area contributed by atoms with Gasteiger partial charge in [0.25, 0.3) is 0 Å². The molecule has 1 amide bonds. The van der Waals surface area contributed by atoms with E-state index in [9.17, 15) is 13.2 Å². The van der Waals surface area contributed by atoms with Gasteiger partial charge >= 0.3 is 0 Å². The van der Waals surface area contributed by atoms with Crippen LogP contribution in [0.1, 0.15) is 24.1 Å². The van der Waals surface area contributed by atoms with E-state index in [0.717, 1.165) is 11.3 Å². The van der Waals surface area contributed by atoms with Crippen molar-refractivity contribution in [1.82, 2.24) is 14.1 Å². The van der Waals surface area contributed by atoms with Crippen molar-refractivity contribution >= 4 is 45.0 Å². The number of amides is 1. The lowest BCUT2D eigenvalue weighted by Crippen LogP contribution is -2.41. The third-order valence-corrected chi connectivity index (χ3v) is 8.41. The molecule has 0 unspecified atom stereocenters. The van der Waals surface area contributed by atoms with Crippen molar-refractivity contribution in [3.63, 3.8) is 0 Å². The van der Waals surface area contributed by atoms with Crippen molar-refractivity contribution in [2.45, 2.75) is 31.2 Å². The average Bonchev–Trinajstić information content (AvgIpc) is 3.15. The number of halogens is 2. The largest absolute Gasteiger partial charge is 0.309 e. The Bertz CT molecular complexity index is 1250. The zero-order valence-corrected chi connectivity index (χ0v) is 20.4. The minimum absolute atomic E-state index is 0.147. The van der Waals surface area contributed by atoms with Crippen LogP contribution in [0, 0.1) is 12.8 Å².